The fourth-order valence-electron chi connectivity index (χ4n) is 3.41. The number of hydrogen-bond donors (Lipinski definition) is 1. The SMILES string of the molecule is CC1CN(Cc2cccc3ccccc23)c2c(N)cccc2O1. The standard InChI is InChI=1S/C20H20N2O/c1-14-12-22(20-18(21)10-5-11-19(20)23-14)13-16-8-4-7-15-6-2-3-9-17(15)16/h2-11,14H,12-13,21H2,1H3. The van der Waals surface area contributed by atoms with Gasteiger partial charge in [-0.1, -0.05) is 48.5 Å². The van der Waals surface area contributed by atoms with E-state index in [1.54, 1.807) is 0 Å². The summed E-state index contributed by atoms with van der Waals surface area (Å²) in [5.74, 6) is 0.879. The van der Waals surface area contributed by atoms with Gasteiger partial charge in [-0.15, -0.1) is 0 Å². The molecule has 1 aliphatic rings. The van der Waals surface area contributed by atoms with Gasteiger partial charge < -0.3 is 15.4 Å². The van der Waals surface area contributed by atoms with Crippen molar-refractivity contribution in [1.29, 1.82) is 0 Å². The van der Waals surface area contributed by atoms with Gasteiger partial charge in [0, 0.05) is 6.54 Å². The van der Waals surface area contributed by atoms with E-state index < -0.39 is 0 Å². The number of anilines is 2. The zero-order valence-electron chi connectivity index (χ0n) is 13.2. The van der Waals surface area contributed by atoms with Crippen LogP contribution in [0.1, 0.15) is 12.5 Å². The molecule has 3 aromatic rings. The second-order valence-corrected chi connectivity index (χ2v) is 6.14. The fraction of sp³-hybridized carbons (Fsp3) is 0.200. The van der Waals surface area contributed by atoms with E-state index in [4.69, 9.17) is 10.5 Å². The molecular formula is C20H20N2O. The summed E-state index contributed by atoms with van der Waals surface area (Å²) in [4.78, 5) is 2.33. The Labute approximate surface area is 136 Å². The molecule has 0 saturated carbocycles. The molecule has 1 unspecified atom stereocenters. The molecule has 1 atom stereocenters. The van der Waals surface area contributed by atoms with Crippen molar-refractivity contribution in [3.05, 3.63) is 66.2 Å². The first-order valence-electron chi connectivity index (χ1n) is 7.99. The van der Waals surface area contributed by atoms with Gasteiger partial charge in [-0.05, 0) is 35.4 Å². The van der Waals surface area contributed by atoms with Crippen LogP contribution in [-0.2, 0) is 6.54 Å². The minimum absolute atomic E-state index is 0.152. The molecule has 116 valence electrons. The zero-order chi connectivity index (χ0) is 15.8. The van der Waals surface area contributed by atoms with Gasteiger partial charge in [-0.2, -0.15) is 0 Å². The van der Waals surface area contributed by atoms with Crippen LogP contribution in [0.3, 0.4) is 0 Å². The average molecular weight is 304 g/mol. The van der Waals surface area contributed by atoms with Gasteiger partial charge >= 0.3 is 0 Å². The van der Waals surface area contributed by atoms with Crippen LogP contribution in [0.2, 0.25) is 0 Å². The highest BCUT2D eigenvalue weighted by atomic mass is 16.5. The van der Waals surface area contributed by atoms with Gasteiger partial charge in [0.25, 0.3) is 0 Å². The lowest BCUT2D eigenvalue weighted by Crippen LogP contribution is -2.38. The first kappa shape index (κ1) is 13.9. The lowest BCUT2D eigenvalue weighted by atomic mass is 10.0. The molecule has 0 aliphatic carbocycles. The largest absolute Gasteiger partial charge is 0.487 e. The van der Waals surface area contributed by atoms with Crippen molar-refractivity contribution in [2.24, 2.45) is 0 Å². The van der Waals surface area contributed by atoms with Crippen LogP contribution in [0.5, 0.6) is 5.75 Å². The van der Waals surface area contributed by atoms with Crippen LogP contribution < -0.4 is 15.4 Å². The molecule has 23 heavy (non-hydrogen) atoms. The molecule has 3 nitrogen and oxygen atoms in total. The average Bonchev–Trinajstić information content (AvgIpc) is 2.55. The normalized spacial score (nSPS) is 16.9. The lowest BCUT2D eigenvalue weighted by molar-refractivity contribution is 0.212. The number of ether oxygens (including phenoxy) is 1. The maximum Gasteiger partial charge on any atom is 0.145 e. The molecule has 0 saturated heterocycles. The third-order valence-corrected chi connectivity index (χ3v) is 4.39. The van der Waals surface area contributed by atoms with E-state index in [0.29, 0.717) is 0 Å². The van der Waals surface area contributed by atoms with Gasteiger partial charge in [0.2, 0.25) is 0 Å². The number of para-hydroxylation sites is 1. The van der Waals surface area contributed by atoms with Crippen LogP contribution in [-0.4, -0.2) is 12.6 Å². The molecule has 4 rings (SSSR count). The number of hydrogen-bond acceptors (Lipinski definition) is 3. The van der Waals surface area contributed by atoms with Crippen LogP contribution in [0.25, 0.3) is 10.8 Å². The van der Waals surface area contributed by atoms with E-state index in [-0.39, 0.29) is 6.10 Å². The van der Waals surface area contributed by atoms with Crippen molar-refractivity contribution in [3.63, 3.8) is 0 Å². The van der Waals surface area contributed by atoms with Gasteiger partial charge in [-0.3, -0.25) is 0 Å². The Bertz CT molecular complexity index is 854. The smallest absolute Gasteiger partial charge is 0.145 e. The highest BCUT2D eigenvalue weighted by Gasteiger charge is 2.25. The summed E-state index contributed by atoms with van der Waals surface area (Å²) in [5, 5.41) is 2.57. The monoisotopic (exact) mass is 304 g/mol. The number of nitrogen functional groups attached to an aromatic ring is 1. The van der Waals surface area contributed by atoms with Crippen molar-refractivity contribution in [2.45, 2.75) is 19.6 Å². The molecule has 0 radical (unpaired) electrons. The summed E-state index contributed by atoms with van der Waals surface area (Å²) in [6.07, 6.45) is 0.152. The highest BCUT2D eigenvalue weighted by molar-refractivity contribution is 5.86. The van der Waals surface area contributed by atoms with Gasteiger partial charge in [0.1, 0.15) is 17.5 Å². The lowest BCUT2D eigenvalue weighted by Gasteiger charge is -2.36. The highest BCUT2D eigenvalue weighted by Crippen LogP contribution is 2.39. The van der Waals surface area contributed by atoms with Crippen LogP contribution in [0.15, 0.2) is 60.7 Å². The number of fused-ring (bicyclic) bond motifs is 2. The summed E-state index contributed by atoms with van der Waals surface area (Å²) >= 11 is 0. The Kier molecular flexibility index (Phi) is 3.34. The van der Waals surface area contributed by atoms with E-state index in [1.807, 2.05) is 18.2 Å². The molecule has 3 aromatic carbocycles. The predicted molar refractivity (Wildman–Crippen MR) is 95.9 cm³/mol. The van der Waals surface area contributed by atoms with Crippen molar-refractivity contribution in [3.8, 4) is 5.75 Å². The first-order valence-corrected chi connectivity index (χ1v) is 7.99. The Morgan fingerprint density at radius 2 is 1.83 bits per heavy atom. The fourth-order valence-corrected chi connectivity index (χ4v) is 3.41. The molecule has 0 aromatic heterocycles. The molecule has 0 spiro atoms. The third-order valence-electron chi connectivity index (χ3n) is 4.39. The summed E-state index contributed by atoms with van der Waals surface area (Å²) in [5.41, 5.74) is 9.32. The van der Waals surface area contributed by atoms with Crippen molar-refractivity contribution in [2.75, 3.05) is 17.2 Å². The predicted octanol–water partition coefficient (Wildman–Crippen LogP) is 4.21. The Balaban J connectivity index is 1.77. The molecule has 0 amide bonds. The molecule has 3 heteroatoms. The Morgan fingerprint density at radius 3 is 2.74 bits per heavy atom. The number of nitrogens with zero attached hydrogens (tertiary/aromatic N) is 1. The van der Waals surface area contributed by atoms with E-state index in [1.165, 1.54) is 16.3 Å². The van der Waals surface area contributed by atoms with E-state index in [2.05, 4.69) is 54.3 Å². The minimum atomic E-state index is 0.152. The van der Waals surface area contributed by atoms with E-state index >= 15 is 0 Å². The van der Waals surface area contributed by atoms with Crippen molar-refractivity contribution < 1.29 is 4.74 Å². The molecule has 1 heterocycles. The molecule has 2 N–H and O–H groups in total. The number of nitrogens with two attached hydrogens (primary N) is 1. The van der Waals surface area contributed by atoms with Gasteiger partial charge in [-0.25, -0.2) is 0 Å². The summed E-state index contributed by atoms with van der Waals surface area (Å²) in [7, 11) is 0. The number of rotatable bonds is 2. The molecule has 0 bridgehead atoms. The van der Waals surface area contributed by atoms with Gasteiger partial charge in [0.05, 0.1) is 12.2 Å². The van der Waals surface area contributed by atoms with Gasteiger partial charge in [0.15, 0.2) is 0 Å². The van der Waals surface area contributed by atoms with Crippen molar-refractivity contribution >= 4 is 22.1 Å². The maximum atomic E-state index is 6.22. The third kappa shape index (κ3) is 2.48. The van der Waals surface area contributed by atoms with Crippen molar-refractivity contribution in [1.82, 2.24) is 0 Å². The summed E-state index contributed by atoms with van der Waals surface area (Å²) in [6.45, 7) is 3.77. The zero-order valence-corrected chi connectivity index (χ0v) is 13.2. The second-order valence-electron chi connectivity index (χ2n) is 6.14. The second kappa shape index (κ2) is 5.51. The van der Waals surface area contributed by atoms with Crippen LogP contribution in [0.4, 0.5) is 11.4 Å². The summed E-state index contributed by atoms with van der Waals surface area (Å²) in [6, 6.07) is 20.9. The minimum Gasteiger partial charge on any atom is -0.487 e. The van der Waals surface area contributed by atoms with Crippen LogP contribution in [0, 0.1) is 0 Å². The summed E-state index contributed by atoms with van der Waals surface area (Å²) < 4.78 is 5.95. The van der Waals surface area contributed by atoms with E-state index in [0.717, 1.165) is 30.2 Å². The Morgan fingerprint density at radius 1 is 1.04 bits per heavy atom. The molecular weight excluding hydrogens is 284 g/mol. The molecule has 0 fully saturated rings. The van der Waals surface area contributed by atoms with Crippen LogP contribution >= 0.6 is 0 Å². The quantitative estimate of drug-likeness (QED) is 0.721. The topological polar surface area (TPSA) is 38.5 Å². The first-order chi connectivity index (χ1) is 11.2. The Hall–Kier alpha value is -2.68. The van der Waals surface area contributed by atoms with E-state index in [9.17, 15) is 0 Å². The molecule has 1 aliphatic heterocycles. The number of benzene rings is 3. The maximum absolute atomic E-state index is 6.22.